The second kappa shape index (κ2) is 5.99. The molecule has 0 aromatic carbocycles. The molecule has 0 N–H and O–H groups in total. The van der Waals surface area contributed by atoms with Crippen LogP contribution in [0.15, 0.2) is 18.7 Å². The minimum absolute atomic E-state index is 0.149. The van der Waals surface area contributed by atoms with Gasteiger partial charge in [0.2, 0.25) is 0 Å². The highest BCUT2D eigenvalue weighted by Crippen LogP contribution is 2.28. The number of rotatable bonds is 4. The molecule has 3 nitrogen and oxygen atoms in total. The molecule has 0 spiro atoms. The lowest BCUT2D eigenvalue weighted by Crippen LogP contribution is -2.12. The minimum Gasteiger partial charge on any atom is -0.293 e. The van der Waals surface area contributed by atoms with Crippen LogP contribution >= 0.6 is 11.8 Å². The molecule has 0 atom stereocenters. The molecule has 0 aliphatic heterocycles. The van der Waals surface area contributed by atoms with Crippen LogP contribution in [-0.4, -0.2) is 26.8 Å². The van der Waals surface area contributed by atoms with Gasteiger partial charge < -0.3 is 0 Å². The van der Waals surface area contributed by atoms with Gasteiger partial charge >= 0.3 is 0 Å². The van der Waals surface area contributed by atoms with Gasteiger partial charge in [0.1, 0.15) is 6.33 Å². The summed E-state index contributed by atoms with van der Waals surface area (Å²) in [6, 6.07) is 0. The van der Waals surface area contributed by atoms with E-state index in [1.807, 2.05) is 0 Å². The van der Waals surface area contributed by atoms with E-state index in [0.717, 1.165) is 0 Å². The fraction of sp³-hybridized carbons (Fsp3) is 0.583. The second-order valence-electron chi connectivity index (χ2n) is 4.12. The van der Waals surface area contributed by atoms with Crippen molar-refractivity contribution in [3.63, 3.8) is 0 Å². The van der Waals surface area contributed by atoms with Gasteiger partial charge in [0, 0.05) is 17.6 Å². The van der Waals surface area contributed by atoms with Gasteiger partial charge in [-0.2, -0.15) is 11.8 Å². The molecule has 2 rings (SSSR count). The molecule has 86 valence electrons. The number of nitrogens with zero attached hydrogens (tertiary/aromatic N) is 2. The van der Waals surface area contributed by atoms with Gasteiger partial charge in [-0.1, -0.05) is 19.3 Å². The van der Waals surface area contributed by atoms with Crippen LogP contribution in [0.3, 0.4) is 0 Å². The van der Waals surface area contributed by atoms with Crippen molar-refractivity contribution in [3.8, 4) is 0 Å². The maximum atomic E-state index is 11.8. The Morgan fingerprint density at radius 3 is 2.62 bits per heavy atom. The Kier molecular flexibility index (Phi) is 4.34. The number of ketones is 1. The lowest BCUT2D eigenvalue weighted by Gasteiger charge is -2.20. The average Bonchev–Trinajstić information content (AvgIpc) is 2.38. The first-order valence-electron chi connectivity index (χ1n) is 5.76. The quantitative estimate of drug-likeness (QED) is 0.754. The lowest BCUT2D eigenvalue weighted by molar-refractivity contribution is 0.102. The Morgan fingerprint density at radius 1 is 1.25 bits per heavy atom. The number of Topliss-reactive ketones (excluding diaryl/α,β-unsaturated/α-hetero) is 1. The molecule has 1 heterocycles. The SMILES string of the molecule is O=C(CSC1CCCCC1)c1cncnc1. The van der Waals surface area contributed by atoms with Crippen molar-refractivity contribution in [2.75, 3.05) is 5.75 Å². The van der Waals surface area contributed by atoms with Crippen LogP contribution in [0, 0.1) is 0 Å². The average molecular weight is 236 g/mol. The fourth-order valence-corrected chi connectivity index (χ4v) is 3.17. The minimum atomic E-state index is 0.149. The molecule has 1 fully saturated rings. The molecule has 16 heavy (non-hydrogen) atoms. The van der Waals surface area contributed by atoms with E-state index < -0.39 is 0 Å². The first-order valence-corrected chi connectivity index (χ1v) is 6.81. The van der Waals surface area contributed by atoms with Crippen LogP contribution < -0.4 is 0 Å². The molecule has 0 bridgehead atoms. The number of carbonyl (C=O) groups excluding carboxylic acids is 1. The van der Waals surface area contributed by atoms with Crippen LogP contribution in [0.4, 0.5) is 0 Å². The molecule has 0 amide bonds. The number of carbonyl (C=O) groups is 1. The molecule has 1 aliphatic rings. The molecule has 4 heteroatoms. The molecule has 0 saturated heterocycles. The largest absolute Gasteiger partial charge is 0.293 e. The smallest absolute Gasteiger partial charge is 0.175 e. The van der Waals surface area contributed by atoms with Crippen molar-refractivity contribution < 1.29 is 4.79 Å². The van der Waals surface area contributed by atoms with Gasteiger partial charge in [-0.15, -0.1) is 0 Å². The van der Waals surface area contributed by atoms with Crippen molar-refractivity contribution >= 4 is 17.5 Å². The van der Waals surface area contributed by atoms with Gasteiger partial charge in [-0.05, 0) is 12.8 Å². The molecule has 1 aromatic heterocycles. The number of aromatic nitrogens is 2. The standard InChI is InChI=1S/C12H16N2OS/c15-12(10-6-13-9-14-7-10)8-16-11-4-2-1-3-5-11/h6-7,9,11H,1-5,8H2. The Balaban J connectivity index is 1.79. The van der Waals surface area contributed by atoms with Crippen molar-refractivity contribution in [3.05, 3.63) is 24.3 Å². The summed E-state index contributed by atoms with van der Waals surface area (Å²) in [6.07, 6.45) is 11.2. The highest BCUT2D eigenvalue weighted by Gasteiger charge is 2.15. The van der Waals surface area contributed by atoms with E-state index in [1.165, 1.54) is 38.4 Å². The van der Waals surface area contributed by atoms with Gasteiger partial charge in [0.15, 0.2) is 5.78 Å². The maximum Gasteiger partial charge on any atom is 0.175 e. The van der Waals surface area contributed by atoms with E-state index in [-0.39, 0.29) is 5.78 Å². The summed E-state index contributed by atoms with van der Waals surface area (Å²) >= 11 is 1.80. The van der Waals surface area contributed by atoms with Crippen LogP contribution in [-0.2, 0) is 0 Å². The number of hydrogen-bond acceptors (Lipinski definition) is 4. The monoisotopic (exact) mass is 236 g/mol. The Hall–Kier alpha value is -0.900. The first-order chi connectivity index (χ1) is 7.86. The molecular formula is C12H16N2OS. The molecular weight excluding hydrogens is 220 g/mol. The maximum absolute atomic E-state index is 11.8. The Labute approximate surface area is 100 Å². The molecule has 1 aliphatic carbocycles. The van der Waals surface area contributed by atoms with Crippen LogP contribution in [0.5, 0.6) is 0 Å². The van der Waals surface area contributed by atoms with E-state index in [1.54, 1.807) is 24.2 Å². The van der Waals surface area contributed by atoms with Gasteiger partial charge in [0.05, 0.1) is 11.3 Å². The van der Waals surface area contributed by atoms with E-state index in [2.05, 4.69) is 9.97 Å². The van der Waals surface area contributed by atoms with Gasteiger partial charge in [-0.3, -0.25) is 4.79 Å². The number of hydrogen-bond donors (Lipinski definition) is 0. The zero-order valence-corrected chi connectivity index (χ0v) is 10.1. The van der Waals surface area contributed by atoms with Gasteiger partial charge in [0.25, 0.3) is 0 Å². The summed E-state index contributed by atoms with van der Waals surface area (Å²) in [4.78, 5) is 19.5. The van der Waals surface area contributed by atoms with Crippen molar-refractivity contribution in [1.29, 1.82) is 0 Å². The van der Waals surface area contributed by atoms with E-state index >= 15 is 0 Å². The van der Waals surface area contributed by atoms with E-state index in [9.17, 15) is 4.79 Å². The molecule has 1 aromatic rings. The summed E-state index contributed by atoms with van der Waals surface area (Å²) in [5, 5.41) is 0.683. The molecule has 0 radical (unpaired) electrons. The third kappa shape index (κ3) is 3.30. The highest BCUT2D eigenvalue weighted by molar-refractivity contribution is 8.00. The highest BCUT2D eigenvalue weighted by atomic mass is 32.2. The lowest BCUT2D eigenvalue weighted by atomic mass is 10.0. The number of thioether (sulfide) groups is 1. The van der Waals surface area contributed by atoms with Crippen LogP contribution in [0.1, 0.15) is 42.5 Å². The van der Waals surface area contributed by atoms with Crippen LogP contribution in [0.25, 0.3) is 0 Å². The van der Waals surface area contributed by atoms with Crippen molar-refractivity contribution in [2.24, 2.45) is 0 Å². The molecule has 1 saturated carbocycles. The van der Waals surface area contributed by atoms with Crippen molar-refractivity contribution in [2.45, 2.75) is 37.4 Å². The predicted octanol–water partition coefficient (Wildman–Crippen LogP) is 2.73. The topological polar surface area (TPSA) is 42.9 Å². The summed E-state index contributed by atoms with van der Waals surface area (Å²) in [6.45, 7) is 0. The van der Waals surface area contributed by atoms with E-state index in [0.29, 0.717) is 16.6 Å². The Bertz CT molecular complexity index is 336. The summed E-state index contributed by atoms with van der Waals surface area (Å²) < 4.78 is 0. The van der Waals surface area contributed by atoms with Gasteiger partial charge in [-0.25, -0.2) is 9.97 Å². The normalized spacial score (nSPS) is 17.2. The molecule has 0 unspecified atom stereocenters. The first kappa shape index (κ1) is 11.6. The third-order valence-corrected chi connectivity index (χ3v) is 4.26. The fourth-order valence-electron chi connectivity index (χ4n) is 1.95. The van der Waals surface area contributed by atoms with Crippen molar-refractivity contribution in [1.82, 2.24) is 9.97 Å². The zero-order chi connectivity index (χ0) is 11.2. The van der Waals surface area contributed by atoms with Crippen LogP contribution in [0.2, 0.25) is 0 Å². The zero-order valence-electron chi connectivity index (χ0n) is 9.26. The van der Waals surface area contributed by atoms with E-state index in [4.69, 9.17) is 0 Å². The summed E-state index contributed by atoms with van der Waals surface area (Å²) in [7, 11) is 0. The predicted molar refractivity (Wildman–Crippen MR) is 65.7 cm³/mol. The second-order valence-corrected chi connectivity index (χ2v) is 5.41. The summed E-state index contributed by atoms with van der Waals surface area (Å²) in [5.74, 6) is 0.717. The summed E-state index contributed by atoms with van der Waals surface area (Å²) in [5.41, 5.74) is 0.630. The third-order valence-electron chi connectivity index (χ3n) is 2.88. The Morgan fingerprint density at radius 2 is 1.94 bits per heavy atom.